The van der Waals surface area contributed by atoms with Gasteiger partial charge < -0.3 is 20.3 Å². The van der Waals surface area contributed by atoms with Crippen LogP contribution in [0.5, 0.6) is 5.88 Å². The molecule has 2 atom stereocenters. The molecular formula is C10H19N3O3S. The zero-order chi connectivity index (χ0) is 12.5. The smallest absolute Gasteiger partial charge is 0.245 e. The molecule has 1 heterocycles. The second-order valence-electron chi connectivity index (χ2n) is 3.99. The Bertz CT molecular complexity index is 284. The first-order chi connectivity index (χ1) is 8.22. The van der Waals surface area contributed by atoms with E-state index in [2.05, 4.69) is 14.1 Å². The molecule has 0 aliphatic rings. The average molecular weight is 261 g/mol. The van der Waals surface area contributed by atoms with Gasteiger partial charge in [0.1, 0.15) is 18.9 Å². The van der Waals surface area contributed by atoms with Crippen LogP contribution in [-0.4, -0.2) is 51.4 Å². The highest BCUT2D eigenvalue weighted by molar-refractivity contribution is 6.99. The van der Waals surface area contributed by atoms with Crippen molar-refractivity contribution < 1.29 is 14.9 Å². The van der Waals surface area contributed by atoms with E-state index in [1.165, 1.54) is 6.20 Å². The lowest BCUT2D eigenvalue weighted by Crippen LogP contribution is -2.34. The monoisotopic (exact) mass is 261 g/mol. The summed E-state index contributed by atoms with van der Waals surface area (Å²) in [5, 5.41) is 21.5. The molecule has 6 nitrogen and oxygen atoms in total. The van der Waals surface area contributed by atoms with E-state index in [9.17, 15) is 5.11 Å². The Balaban J connectivity index is 2.03. The van der Waals surface area contributed by atoms with Crippen LogP contribution in [0.15, 0.2) is 6.20 Å². The lowest BCUT2D eigenvalue weighted by atomic mass is 10.1. The third-order valence-corrected chi connectivity index (χ3v) is 2.72. The Hall–Kier alpha value is -0.760. The third kappa shape index (κ3) is 6.52. The summed E-state index contributed by atoms with van der Waals surface area (Å²) in [6, 6.07) is 0. The standard InChI is InChI=1S/C10H19N3O3S/c1-8(2-3-14)4-11-5-9(15)7-16-10-6-12-17-13-10/h6,8-9,11,14-15H,2-5,7H2,1H3. The van der Waals surface area contributed by atoms with E-state index in [0.29, 0.717) is 18.3 Å². The van der Waals surface area contributed by atoms with Gasteiger partial charge in [0.15, 0.2) is 0 Å². The molecule has 1 aromatic rings. The van der Waals surface area contributed by atoms with E-state index >= 15 is 0 Å². The van der Waals surface area contributed by atoms with Gasteiger partial charge in [0, 0.05) is 13.2 Å². The third-order valence-electron chi connectivity index (χ3n) is 2.26. The quantitative estimate of drug-likeness (QED) is 0.575. The van der Waals surface area contributed by atoms with Crippen molar-refractivity contribution in [2.75, 3.05) is 26.3 Å². The molecule has 0 bridgehead atoms. The lowest BCUT2D eigenvalue weighted by Gasteiger charge is -2.14. The number of hydrogen-bond donors (Lipinski definition) is 3. The summed E-state index contributed by atoms with van der Waals surface area (Å²) in [5.74, 6) is 0.846. The molecule has 0 spiro atoms. The van der Waals surface area contributed by atoms with Crippen molar-refractivity contribution in [1.82, 2.24) is 14.1 Å². The van der Waals surface area contributed by atoms with Crippen molar-refractivity contribution >= 4 is 11.7 Å². The molecule has 0 aromatic carbocycles. The summed E-state index contributed by atoms with van der Waals surface area (Å²) < 4.78 is 12.9. The lowest BCUT2D eigenvalue weighted by molar-refractivity contribution is 0.103. The highest BCUT2D eigenvalue weighted by Gasteiger charge is 2.07. The van der Waals surface area contributed by atoms with E-state index in [1.54, 1.807) is 0 Å². The number of rotatable bonds is 9. The van der Waals surface area contributed by atoms with Crippen LogP contribution in [-0.2, 0) is 0 Å². The fourth-order valence-corrected chi connectivity index (χ4v) is 1.64. The maximum atomic E-state index is 9.61. The van der Waals surface area contributed by atoms with Crippen LogP contribution in [0.2, 0.25) is 0 Å². The number of aliphatic hydroxyl groups excluding tert-OH is 2. The van der Waals surface area contributed by atoms with E-state index in [4.69, 9.17) is 9.84 Å². The molecule has 2 unspecified atom stereocenters. The number of ether oxygens (including phenoxy) is 1. The topological polar surface area (TPSA) is 87.5 Å². The Morgan fingerprint density at radius 2 is 2.35 bits per heavy atom. The van der Waals surface area contributed by atoms with Gasteiger partial charge in [-0.2, -0.15) is 4.37 Å². The second kappa shape index (κ2) is 8.35. The highest BCUT2D eigenvalue weighted by atomic mass is 32.1. The van der Waals surface area contributed by atoms with E-state index in [1.807, 2.05) is 6.92 Å². The fraction of sp³-hybridized carbons (Fsp3) is 0.800. The SMILES string of the molecule is CC(CCO)CNCC(O)COc1cnsn1. The Morgan fingerprint density at radius 3 is 3.00 bits per heavy atom. The maximum Gasteiger partial charge on any atom is 0.245 e. The molecule has 0 saturated carbocycles. The molecule has 0 aliphatic carbocycles. The van der Waals surface area contributed by atoms with Crippen molar-refractivity contribution in [3.63, 3.8) is 0 Å². The molecule has 0 aliphatic heterocycles. The molecule has 1 rings (SSSR count). The van der Waals surface area contributed by atoms with Crippen molar-refractivity contribution in [2.45, 2.75) is 19.4 Å². The molecule has 3 N–H and O–H groups in total. The largest absolute Gasteiger partial charge is 0.473 e. The first kappa shape index (κ1) is 14.3. The van der Waals surface area contributed by atoms with Gasteiger partial charge in [-0.05, 0) is 18.9 Å². The van der Waals surface area contributed by atoms with Crippen LogP contribution in [0.3, 0.4) is 0 Å². The summed E-state index contributed by atoms with van der Waals surface area (Å²) in [5.41, 5.74) is 0. The van der Waals surface area contributed by atoms with Crippen LogP contribution in [0.1, 0.15) is 13.3 Å². The van der Waals surface area contributed by atoms with Crippen LogP contribution < -0.4 is 10.1 Å². The number of nitrogens with zero attached hydrogens (tertiary/aromatic N) is 2. The number of aromatic nitrogens is 2. The van der Waals surface area contributed by atoms with E-state index < -0.39 is 6.10 Å². The Morgan fingerprint density at radius 1 is 1.53 bits per heavy atom. The van der Waals surface area contributed by atoms with Gasteiger partial charge in [-0.3, -0.25) is 0 Å². The van der Waals surface area contributed by atoms with Gasteiger partial charge in [-0.25, -0.2) is 0 Å². The van der Waals surface area contributed by atoms with Gasteiger partial charge in [-0.15, -0.1) is 4.37 Å². The summed E-state index contributed by atoms with van der Waals surface area (Å²) in [6.45, 7) is 3.69. The first-order valence-corrected chi connectivity index (χ1v) is 6.35. The number of aliphatic hydroxyl groups is 2. The minimum Gasteiger partial charge on any atom is -0.473 e. The summed E-state index contributed by atoms with van der Waals surface area (Å²) in [7, 11) is 0. The molecule has 98 valence electrons. The number of hydrogen-bond acceptors (Lipinski definition) is 7. The minimum absolute atomic E-state index is 0.200. The molecule has 1 aromatic heterocycles. The predicted octanol–water partition coefficient (Wildman–Crippen LogP) is -0.114. The van der Waals surface area contributed by atoms with Crippen LogP contribution >= 0.6 is 11.7 Å². The van der Waals surface area contributed by atoms with E-state index in [0.717, 1.165) is 24.7 Å². The van der Waals surface area contributed by atoms with E-state index in [-0.39, 0.29) is 13.2 Å². The summed E-state index contributed by atoms with van der Waals surface area (Å²) >= 11 is 1.07. The van der Waals surface area contributed by atoms with Gasteiger partial charge in [-0.1, -0.05) is 6.92 Å². The van der Waals surface area contributed by atoms with Crippen molar-refractivity contribution in [1.29, 1.82) is 0 Å². The number of nitrogens with one attached hydrogen (secondary N) is 1. The van der Waals surface area contributed by atoms with Crippen molar-refractivity contribution in [2.24, 2.45) is 5.92 Å². The van der Waals surface area contributed by atoms with Crippen molar-refractivity contribution in [3.8, 4) is 5.88 Å². The van der Waals surface area contributed by atoms with Crippen LogP contribution in [0.4, 0.5) is 0 Å². The van der Waals surface area contributed by atoms with Gasteiger partial charge in [0.2, 0.25) is 5.88 Å². The summed E-state index contributed by atoms with van der Waals surface area (Å²) in [6.07, 6.45) is 1.72. The normalized spacial score (nSPS) is 14.5. The average Bonchev–Trinajstić information content (AvgIpc) is 2.79. The second-order valence-corrected chi connectivity index (χ2v) is 4.54. The molecule has 0 fully saturated rings. The minimum atomic E-state index is -0.571. The molecule has 17 heavy (non-hydrogen) atoms. The fourth-order valence-electron chi connectivity index (χ4n) is 1.28. The van der Waals surface area contributed by atoms with Crippen molar-refractivity contribution in [3.05, 3.63) is 6.20 Å². The zero-order valence-electron chi connectivity index (χ0n) is 9.87. The molecule has 0 saturated heterocycles. The molecule has 0 amide bonds. The Kier molecular flexibility index (Phi) is 7.02. The molecule has 7 heteroatoms. The molecular weight excluding hydrogens is 242 g/mol. The highest BCUT2D eigenvalue weighted by Crippen LogP contribution is 2.05. The van der Waals surface area contributed by atoms with Crippen LogP contribution in [0.25, 0.3) is 0 Å². The van der Waals surface area contributed by atoms with Crippen LogP contribution in [0, 0.1) is 5.92 Å². The zero-order valence-corrected chi connectivity index (χ0v) is 10.7. The summed E-state index contributed by atoms with van der Waals surface area (Å²) in [4.78, 5) is 0. The van der Waals surface area contributed by atoms with Gasteiger partial charge >= 0.3 is 0 Å². The maximum absolute atomic E-state index is 9.61. The van der Waals surface area contributed by atoms with Gasteiger partial charge in [0.25, 0.3) is 0 Å². The first-order valence-electron chi connectivity index (χ1n) is 5.62. The predicted molar refractivity (Wildman–Crippen MR) is 65.1 cm³/mol. The molecule has 0 radical (unpaired) electrons. The Labute approximate surface area is 105 Å². The van der Waals surface area contributed by atoms with Gasteiger partial charge in [0.05, 0.1) is 11.7 Å².